The van der Waals surface area contributed by atoms with Gasteiger partial charge in [-0.15, -0.1) is 0 Å². The van der Waals surface area contributed by atoms with Crippen LogP contribution in [0.4, 0.5) is 0 Å². The number of hydrogen-bond acceptors (Lipinski definition) is 1. The van der Waals surface area contributed by atoms with Crippen molar-refractivity contribution in [2.24, 2.45) is 0 Å². The first-order valence-corrected chi connectivity index (χ1v) is 6.94. The molecule has 1 N–H and O–H groups in total. The number of hydrogen-bond donors (Lipinski definition) is 1. The number of carboxylic acid groups (broad SMARTS) is 1. The van der Waals surface area contributed by atoms with Crippen LogP contribution in [0.1, 0.15) is 63.0 Å². The second-order valence-electron chi connectivity index (χ2n) is 5.02. The van der Waals surface area contributed by atoms with Gasteiger partial charge in [0.05, 0.1) is 6.42 Å². The molecule has 0 aromatic heterocycles. The zero-order valence-electron chi connectivity index (χ0n) is 11.5. The molecule has 1 atom stereocenters. The van der Waals surface area contributed by atoms with Gasteiger partial charge in [0.2, 0.25) is 0 Å². The van der Waals surface area contributed by atoms with E-state index >= 15 is 0 Å². The minimum Gasteiger partial charge on any atom is -0.481 e. The average Bonchev–Trinajstić information content (AvgIpc) is 2.34. The number of carboxylic acids is 1. The highest BCUT2D eigenvalue weighted by Gasteiger charge is 2.11. The van der Waals surface area contributed by atoms with Gasteiger partial charge in [-0.3, -0.25) is 4.79 Å². The molecule has 0 spiro atoms. The molecule has 0 amide bonds. The van der Waals surface area contributed by atoms with Crippen LogP contribution in [0.2, 0.25) is 0 Å². The van der Waals surface area contributed by atoms with Crippen LogP contribution in [0, 0.1) is 0 Å². The Morgan fingerprint density at radius 2 is 1.94 bits per heavy atom. The number of benzene rings is 1. The van der Waals surface area contributed by atoms with Crippen LogP contribution in [0.25, 0.3) is 0 Å². The van der Waals surface area contributed by atoms with Crippen LogP contribution >= 0.6 is 0 Å². The molecule has 2 heteroatoms. The molecular formula is C16H24O2. The molecule has 18 heavy (non-hydrogen) atoms. The van der Waals surface area contributed by atoms with Crippen LogP contribution in [-0.2, 0) is 11.2 Å². The first kappa shape index (κ1) is 14.7. The molecule has 0 unspecified atom stereocenters. The molecule has 0 aliphatic rings. The third kappa shape index (κ3) is 4.91. The van der Waals surface area contributed by atoms with E-state index in [0.717, 1.165) is 12.0 Å². The maximum absolute atomic E-state index is 10.8. The van der Waals surface area contributed by atoms with Gasteiger partial charge >= 0.3 is 5.97 Å². The van der Waals surface area contributed by atoms with Crippen LogP contribution in [0.15, 0.2) is 24.3 Å². The third-order valence-electron chi connectivity index (χ3n) is 3.42. The zero-order valence-corrected chi connectivity index (χ0v) is 11.5. The molecule has 0 saturated heterocycles. The highest BCUT2D eigenvalue weighted by atomic mass is 16.4. The van der Waals surface area contributed by atoms with E-state index < -0.39 is 5.97 Å². The molecule has 1 aromatic carbocycles. The van der Waals surface area contributed by atoms with Gasteiger partial charge in [0.25, 0.3) is 0 Å². The Balaban J connectivity index is 2.60. The summed E-state index contributed by atoms with van der Waals surface area (Å²) in [6.45, 7) is 4.41. The second kappa shape index (κ2) is 7.91. The Morgan fingerprint density at radius 1 is 1.22 bits per heavy atom. The van der Waals surface area contributed by atoms with E-state index in [0.29, 0.717) is 5.92 Å². The number of unbranched alkanes of at least 4 members (excludes halogenated alkanes) is 3. The van der Waals surface area contributed by atoms with Crippen molar-refractivity contribution in [3.05, 3.63) is 35.4 Å². The van der Waals surface area contributed by atoms with Crippen molar-refractivity contribution in [3.8, 4) is 0 Å². The van der Waals surface area contributed by atoms with Gasteiger partial charge in [0.15, 0.2) is 0 Å². The van der Waals surface area contributed by atoms with Crippen molar-refractivity contribution in [1.29, 1.82) is 0 Å². The van der Waals surface area contributed by atoms with Crippen LogP contribution in [-0.4, -0.2) is 11.1 Å². The van der Waals surface area contributed by atoms with E-state index in [2.05, 4.69) is 19.9 Å². The van der Waals surface area contributed by atoms with Gasteiger partial charge in [-0.05, 0) is 23.5 Å². The lowest BCUT2D eigenvalue weighted by molar-refractivity contribution is -0.136. The summed E-state index contributed by atoms with van der Waals surface area (Å²) < 4.78 is 0. The van der Waals surface area contributed by atoms with Crippen molar-refractivity contribution in [2.45, 2.75) is 58.3 Å². The Labute approximate surface area is 110 Å². The topological polar surface area (TPSA) is 37.3 Å². The van der Waals surface area contributed by atoms with Crippen molar-refractivity contribution < 1.29 is 9.90 Å². The lowest BCUT2D eigenvalue weighted by atomic mass is 9.90. The fourth-order valence-corrected chi connectivity index (χ4v) is 2.37. The van der Waals surface area contributed by atoms with Gasteiger partial charge in [0.1, 0.15) is 0 Å². The number of rotatable bonds is 8. The summed E-state index contributed by atoms with van der Waals surface area (Å²) >= 11 is 0. The quantitative estimate of drug-likeness (QED) is 0.693. The zero-order chi connectivity index (χ0) is 13.4. The fourth-order valence-electron chi connectivity index (χ4n) is 2.37. The average molecular weight is 248 g/mol. The van der Waals surface area contributed by atoms with Gasteiger partial charge in [-0.1, -0.05) is 63.8 Å². The molecule has 1 aromatic rings. The molecule has 0 aliphatic carbocycles. The Morgan fingerprint density at radius 3 is 2.61 bits per heavy atom. The van der Waals surface area contributed by atoms with Crippen molar-refractivity contribution in [3.63, 3.8) is 0 Å². The van der Waals surface area contributed by atoms with E-state index in [9.17, 15) is 4.79 Å². The number of aliphatic carboxylic acids is 1. The SMILES string of the molecule is CCCCCC[C@H](C)c1ccccc1CC(=O)O. The molecular weight excluding hydrogens is 224 g/mol. The van der Waals surface area contributed by atoms with E-state index in [4.69, 9.17) is 5.11 Å². The summed E-state index contributed by atoms with van der Waals surface area (Å²) in [4.78, 5) is 10.8. The Bertz CT molecular complexity index is 371. The fraction of sp³-hybridized carbons (Fsp3) is 0.562. The Kier molecular flexibility index (Phi) is 6.48. The molecule has 0 fully saturated rings. The van der Waals surface area contributed by atoms with Crippen molar-refractivity contribution in [2.75, 3.05) is 0 Å². The van der Waals surface area contributed by atoms with E-state index in [1.54, 1.807) is 0 Å². The molecule has 1 rings (SSSR count). The summed E-state index contributed by atoms with van der Waals surface area (Å²) in [5.74, 6) is -0.293. The third-order valence-corrected chi connectivity index (χ3v) is 3.42. The van der Waals surface area contributed by atoms with Crippen molar-refractivity contribution >= 4 is 5.97 Å². The minimum absolute atomic E-state index is 0.134. The van der Waals surface area contributed by atoms with E-state index in [1.807, 2.05) is 18.2 Å². The standard InChI is InChI=1S/C16H24O2/c1-3-4-5-6-9-13(2)15-11-8-7-10-14(15)12-16(17)18/h7-8,10-11,13H,3-6,9,12H2,1-2H3,(H,17,18)/t13-/m0/s1. The first-order chi connectivity index (χ1) is 8.65. The highest BCUT2D eigenvalue weighted by Crippen LogP contribution is 2.25. The predicted molar refractivity (Wildman–Crippen MR) is 75.0 cm³/mol. The maximum atomic E-state index is 10.8. The lowest BCUT2D eigenvalue weighted by Gasteiger charge is -2.15. The van der Waals surface area contributed by atoms with Crippen LogP contribution in [0.3, 0.4) is 0 Å². The Hall–Kier alpha value is -1.31. The maximum Gasteiger partial charge on any atom is 0.307 e. The number of carbonyl (C=O) groups is 1. The molecule has 0 heterocycles. The van der Waals surface area contributed by atoms with E-state index in [-0.39, 0.29) is 6.42 Å². The summed E-state index contributed by atoms with van der Waals surface area (Å²) in [5, 5.41) is 8.92. The van der Waals surface area contributed by atoms with Crippen LogP contribution in [0.5, 0.6) is 0 Å². The monoisotopic (exact) mass is 248 g/mol. The predicted octanol–water partition coefficient (Wildman–Crippen LogP) is 4.39. The molecule has 100 valence electrons. The summed E-state index contributed by atoms with van der Waals surface area (Å²) in [6, 6.07) is 7.93. The van der Waals surface area contributed by atoms with Crippen molar-refractivity contribution in [1.82, 2.24) is 0 Å². The van der Waals surface area contributed by atoms with Gasteiger partial charge in [-0.25, -0.2) is 0 Å². The van der Waals surface area contributed by atoms with E-state index in [1.165, 1.54) is 31.2 Å². The summed E-state index contributed by atoms with van der Waals surface area (Å²) in [6.07, 6.45) is 6.35. The minimum atomic E-state index is -0.749. The molecule has 0 bridgehead atoms. The smallest absolute Gasteiger partial charge is 0.307 e. The molecule has 0 saturated carbocycles. The molecule has 0 radical (unpaired) electrons. The second-order valence-corrected chi connectivity index (χ2v) is 5.02. The summed E-state index contributed by atoms with van der Waals surface area (Å²) in [5.41, 5.74) is 2.17. The normalized spacial score (nSPS) is 12.3. The van der Waals surface area contributed by atoms with Crippen LogP contribution < -0.4 is 0 Å². The molecule has 2 nitrogen and oxygen atoms in total. The largest absolute Gasteiger partial charge is 0.481 e. The summed E-state index contributed by atoms with van der Waals surface area (Å²) in [7, 11) is 0. The van der Waals surface area contributed by atoms with Gasteiger partial charge < -0.3 is 5.11 Å². The van der Waals surface area contributed by atoms with Gasteiger partial charge in [-0.2, -0.15) is 0 Å². The first-order valence-electron chi connectivity index (χ1n) is 6.94. The lowest BCUT2D eigenvalue weighted by Crippen LogP contribution is -2.05. The highest BCUT2D eigenvalue weighted by molar-refractivity contribution is 5.70. The molecule has 0 aliphatic heterocycles. The van der Waals surface area contributed by atoms with Gasteiger partial charge in [0, 0.05) is 0 Å².